The number of likely N-dealkylation sites (tertiary alicyclic amines) is 1. The second-order valence-corrected chi connectivity index (χ2v) is 7.22. The third kappa shape index (κ3) is 3.52. The highest BCUT2D eigenvalue weighted by Crippen LogP contribution is 2.34. The van der Waals surface area contributed by atoms with Gasteiger partial charge < -0.3 is 9.64 Å². The van der Waals surface area contributed by atoms with E-state index in [0.29, 0.717) is 43.9 Å². The first kappa shape index (κ1) is 18.2. The normalized spacial score (nSPS) is 21.9. The smallest absolute Gasteiger partial charge is 0.368 e. The molecule has 1 amide bonds. The molecule has 4 heterocycles. The number of piperidine rings is 1. The van der Waals surface area contributed by atoms with E-state index >= 15 is 0 Å². The van der Waals surface area contributed by atoms with Crippen molar-refractivity contribution in [2.24, 2.45) is 0 Å². The van der Waals surface area contributed by atoms with E-state index in [-0.39, 0.29) is 23.6 Å². The predicted molar refractivity (Wildman–Crippen MR) is 90.3 cm³/mol. The van der Waals surface area contributed by atoms with Crippen LogP contribution in [0.4, 0.5) is 13.2 Å². The molecule has 27 heavy (non-hydrogen) atoms. The Morgan fingerprint density at radius 3 is 2.59 bits per heavy atom. The molecule has 0 N–H and O–H groups in total. The Balaban J connectivity index is 1.54. The number of ether oxygens (including phenoxy) is 1. The molecule has 2 fully saturated rings. The topological polar surface area (TPSA) is 59.7 Å². The second kappa shape index (κ2) is 6.78. The summed E-state index contributed by atoms with van der Waals surface area (Å²) in [5, 5.41) is 3.91. The molecule has 4 rings (SSSR count). The Labute approximate surface area is 154 Å². The maximum Gasteiger partial charge on any atom is 0.433 e. The van der Waals surface area contributed by atoms with Crippen LogP contribution in [0.5, 0.6) is 0 Å². The molecule has 0 saturated carbocycles. The number of fused-ring (bicyclic) bond motifs is 1. The molecule has 2 saturated heterocycles. The minimum atomic E-state index is -4.51. The second-order valence-electron chi connectivity index (χ2n) is 7.22. The van der Waals surface area contributed by atoms with Gasteiger partial charge in [-0.3, -0.25) is 4.79 Å². The first-order chi connectivity index (χ1) is 12.8. The number of amides is 1. The van der Waals surface area contributed by atoms with E-state index in [0.717, 1.165) is 23.4 Å². The summed E-state index contributed by atoms with van der Waals surface area (Å²) >= 11 is 0. The highest BCUT2D eigenvalue weighted by Gasteiger charge is 2.37. The van der Waals surface area contributed by atoms with E-state index in [2.05, 4.69) is 10.1 Å². The molecule has 1 atom stereocenters. The molecule has 0 spiro atoms. The van der Waals surface area contributed by atoms with Crippen LogP contribution in [-0.2, 0) is 15.7 Å². The third-order valence-corrected chi connectivity index (χ3v) is 5.29. The fourth-order valence-electron chi connectivity index (χ4n) is 3.89. The number of hydrogen-bond donors (Lipinski definition) is 0. The van der Waals surface area contributed by atoms with Crippen LogP contribution in [0, 0.1) is 6.92 Å². The van der Waals surface area contributed by atoms with Gasteiger partial charge in [0.1, 0.15) is 11.8 Å². The summed E-state index contributed by atoms with van der Waals surface area (Å²) in [7, 11) is 0. The fourth-order valence-corrected chi connectivity index (χ4v) is 3.89. The average molecular weight is 382 g/mol. The largest absolute Gasteiger partial charge is 0.433 e. The molecule has 0 aromatic carbocycles. The van der Waals surface area contributed by atoms with Crippen molar-refractivity contribution in [2.45, 2.75) is 50.8 Å². The zero-order valence-corrected chi connectivity index (χ0v) is 15.0. The van der Waals surface area contributed by atoms with Crippen molar-refractivity contribution in [3.63, 3.8) is 0 Å². The molecule has 6 nitrogen and oxygen atoms in total. The van der Waals surface area contributed by atoms with E-state index in [1.54, 1.807) is 17.9 Å². The van der Waals surface area contributed by atoms with Gasteiger partial charge in [-0.1, -0.05) is 0 Å². The molecule has 0 radical (unpaired) electrons. The van der Waals surface area contributed by atoms with Gasteiger partial charge >= 0.3 is 6.18 Å². The molecule has 2 aliphatic heterocycles. The highest BCUT2D eigenvalue weighted by molar-refractivity contribution is 5.81. The first-order valence-electron chi connectivity index (χ1n) is 9.18. The number of alkyl halides is 3. The Bertz CT molecular complexity index is 850. The number of aromatic nitrogens is 3. The summed E-state index contributed by atoms with van der Waals surface area (Å²) in [4.78, 5) is 18.6. The Hall–Kier alpha value is -2.16. The van der Waals surface area contributed by atoms with Gasteiger partial charge in [0.2, 0.25) is 0 Å². The summed E-state index contributed by atoms with van der Waals surface area (Å²) in [6, 6.07) is 2.65. The van der Waals surface area contributed by atoms with Crippen LogP contribution in [0.15, 0.2) is 12.1 Å². The first-order valence-corrected chi connectivity index (χ1v) is 9.18. The number of halogens is 3. The maximum atomic E-state index is 13.5. The predicted octanol–water partition coefficient (Wildman–Crippen LogP) is 2.94. The number of aryl methyl sites for hydroxylation is 1. The third-order valence-electron chi connectivity index (χ3n) is 5.29. The Kier molecular flexibility index (Phi) is 4.57. The SMILES string of the molecule is Cc1cc2nc(C3CCN(C(=O)C4CCCO4)CC3)cc(C(F)(F)F)n2n1. The molecular weight excluding hydrogens is 361 g/mol. The Morgan fingerprint density at radius 1 is 1.22 bits per heavy atom. The van der Waals surface area contributed by atoms with Gasteiger partial charge in [-0.05, 0) is 38.7 Å². The van der Waals surface area contributed by atoms with Crippen molar-refractivity contribution < 1.29 is 22.7 Å². The monoisotopic (exact) mass is 382 g/mol. The zero-order chi connectivity index (χ0) is 19.2. The summed E-state index contributed by atoms with van der Waals surface area (Å²) in [6.07, 6.45) is -2.06. The number of rotatable bonds is 2. The van der Waals surface area contributed by atoms with Gasteiger partial charge in [0, 0.05) is 37.4 Å². The van der Waals surface area contributed by atoms with Crippen LogP contribution in [0.25, 0.3) is 5.65 Å². The van der Waals surface area contributed by atoms with Crippen LogP contribution >= 0.6 is 0 Å². The van der Waals surface area contributed by atoms with E-state index in [9.17, 15) is 18.0 Å². The molecule has 2 aromatic heterocycles. The van der Waals surface area contributed by atoms with Crippen LogP contribution in [0.3, 0.4) is 0 Å². The number of carbonyl (C=O) groups is 1. The van der Waals surface area contributed by atoms with Gasteiger partial charge in [0.15, 0.2) is 5.65 Å². The number of hydrogen-bond acceptors (Lipinski definition) is 4. The lowest BCUT2D eigenvalue weighted by Crippen LogP contribution is -2.43. The standard InChI is InChI=1S/C18H21F3N4O2/c1-11-9-16-22-13(10-15(18(19,20)21)25(16)23-11)12-4-6-24(7-5-12)17(26)14-3-2-8-27-14/h9-10,12,14H,2-8H2,1H3. The van der Waals surface area contributed by atoms with Crippen molar-refractivity contribution >= 4 is 11.6 Å². The fraction of sp³-hybridized carbons (Fsp3) is 0.611. The molecule has 0 aliphatic carbocycles. The van der Waals surface area contributed by atoms with E-state index < -0.39 is 11.9 Å². The summed E-state index contributed by atoms with van der Waals surface area (Å²) in [5.41, 5.74) is 0.296. The molecule has 2 aromatic rings. The van der Waals surface area contributed by atoms with Crippen molar-refractivity contribution in [2.75, 3.05) is 19.7 Å². The summed E-state index contributed by atoms with van der Waals surface area (Å²) < 4.78 is 46.7. The average Bonchev–Trinajstić information content (AvgIpc) is 3.28. The molecule has 0 bridgehead atoms. The van der Waals surface area contributed by atoms with E-state index in [1.165, 1.54) is 0 Å². The number of nitrogens with zero attached hydrogens (tertiary/aromatic N) is 4. The highest BCUT2D eigenvalue weighted by atomic mass is 19.4. The van der Waals surface area contributed by atoms with Crippen molar-refractivity contribution in [1.29, 1.82) is 0 Å². The summed E-state index contributed by atoms with van der Waals surface area (Å²) in [6.45, 7) is 3.28. The molecule has 2 aliphatic rings. The quantitative estimate of drug-likeness (QED) is 0.801. The van der Waals surface area contributed by atoms with Crippen LogP contribution < -0.4 is 0 Å². The van der Waals surface area contributed by atoms with Gasteiger partial charge in [0.05, 0.1) is 5.69 Å². The zero-order valence-electron chi connectivity index (χ0n) is 15.0. The molecule has 1 unspecified atom stereocenters. The minimum Gasteiger partial charge on any atom is -0.368 e. The van der Waals surface area contributed by atoms with Crippen LogP contribution in [0.1, 0.15) is 48.7 Å². The molecular formula is C18H21F3N4O2. The van der Waals surface area contributed by atoms with Crippen molar-refractivity contribution in [3.8, 4) is 0 Å². The van der Waals surface area contributed by atoms with E-state index in [4.69, 9.17) is 4.74 Å². The summed E-state index contributed by atoms with van der Waals surface area (Å²) in [5.74, 6) is -0.114. The van der Waals surface area contributed by atoms with E-state index in [1.807, 2.05) is 0 Å². The van der Waals surface area contributed by atoms with Crippen LogP contribution in [0.2, 0.25) is 0 Å². The van der Waals surface area contributed by atoms with Crippen LogP contribution in [-0.4, -0.2) is 51.2 Å². The lowest BCUT2D eigenvalue weighted by Gasteiger charge is -2.33. The molecule has 9 heteroatoms. The number of carbonyl (C=O) groups excluding carboxylic acids is 1. The Morgan fingerprint density at radius 2 is 1.96 bits per heavy atom. The van der Waals surface area contributed by atoms with Gasteiger partial charge in [-0.2, -0.15) is 18.3 Å². The minimum absolute atomic E-state index is 0.00300. The van der Waals surface area contributed by atoms with Gasteiger partial charge in [0.25, 0.3) is 5.91 Å². The lowest BCUT2D eigenvalue weighted by molar-refractivity contribution is -0.142. The maximum absolute atomic E-state index is 13.5. The molecule has 146 valence electrons. The van der Waals surface area contributed by atoms with Crippen molar-refractivity contribution in [3.05, 3.63) is 29.2 Å². The van der Waals surface area contributed by atoms with Gasteiger partial charge in [-0.25, -0.2) is 9.50 Å². The lowest BCUT2D eigenvalue weighted by atomic mass is 9.92. The van der Waals surface area contributed by atoms with Gasteiger partial charge in [-0.15, -0.1) is 0 Å². The van der Waals surface area contributed by atoms with Crippen molar-refractivity contribution in [1.82, 2.24) is 19.5 Å².